The molecular formula is C22H29N2OS+. The Morgan fingerprint density at radius 3 is 2.27 bits per heavy atom. The van der Waals surface area contributed by atoms with Gasteiger partial charge in [0, 0.05) is 35.8 Å². The molecule has 138 valence electrons. The molecule has 1 aliphatic heterocycles. The second kappa shape index (κ2) is 9.24. The number of quaternary nitrogens is 1. The van der Waals surface area contributed by atoms with Crippen LogP contribution in [0.3, 0.4) is 0 Å². The first-order chi connectivity index (χ1) is 12.6. The minimum Gasteiger partial charge on any atom is -0.352 e. The molecule has 1 heterocycles. The highest BCUT2D eigenvalue weighted by Gasteiger charge is 2.27. The van der Waals surface area contributed by atoms with Crippen molar-refractivity contribution >= 4 is 17.7 Å². The van der Waals surface area contributed by atoms with E-state index >= 15 is 0 Å². The summed E-state index contributed by atoms with van der Waals surface area (Å²) in [4.78, 5) is 15.4. The first-order valence-electron chi connectivity index (χ1n) is 9.44. The molecule has 2 aromatic carbocycles. The lowest BCUT2D eigenvalue weighted by atomic mass is 9.95. The molecule has 2 aromatic rings. The number of aryl methyl sites for hydroxylation is 1. The Morgan fingerprint density at radius 1 is 1.04 bits per heavy atom. The largest absolute Gasteiger partial charge is 0.352 e. The van der Waals surface area contributed by atoms with Crippen LogP contribution in [0, 0.1) is 12.8 Å². The third-order valence-electron chi connectivity index (χ3n) is 5.26. The summed E-state index contributed by atoms with van der Waals surface area (Å²) in [5.41, 5.74) is 3.80. The quantitative estimate of drug-likeness (QED) is 0.768. The number of carbonyl (C=O) groups is 1. The van der Waals surface area contributed by atoms with Gasteiger partial charge in [0.15, 0.2) is 0 Å². The van der Waals surface area contributed by atoms with Crippen molar-refractivity contribution < 1.29 is 9.69 Å². The van der Waals surface area contributed by atoms with Crippen molar-refractivity contribution in [2.75, 3.05) is 19.3 Å². The number of hydrogen-bond acceptors (Lipinski definition) is 2. The molecule has 26 heavy (non-hydrogen) atoms. The van der Waals surface area contributed by atoms with E-state index in [1.54, 1.807) is 16.7 Å². The number of rotatable bonds is 6. The van der Waals surface area contributed by atoms with Gasteiger partial charge >= 0.3 is 0 Å². The molecule has 3 rings (SSSR count). The van der Waals surface area contributed by atoms with Crippen molar-refractivity contribution in [3.8, 4) is 0 Å². The van der Waals surface area contributed by atoms with Crippen molar-refractivity contribution in [3.05, 3.63) is 65.2 Å². The van der Waals surface area contributed by atoms with Gasteiger partial charge in [0.25, 0.3) is 0 Å². The number of piperidine rings is 1. The topological polar surface area (TPSA) is 33.5 Å². The van der Waals surface area contributed by atoms with Crippen LogP contribution >= 0.6 is 11.8 Å². The van der Waals surface area contributed by atoms with E-state index in [1.807, 2.05) is 0 Å². The third kappa shape index (κ3) is 5.36. The number of benzene rings is 2. The number of likely N-dealkylation sites (tertiary alicyclic amines) is 1. The zero-order valence-electron chi connectivity index (χ0n) is 15.8. The van der Waals surface area contributed by atoms with Gasteiger partial charge in [-0.1, -0.05) is 42.0 Å². The van der Waals surface area contributed by atoms with Gasteiger partial charge in [-0.05, 0) is 30.9 Å². The highest BCUT2D eigenvalue weighted by Crippen LogP contribution is 2.15. The fourth-order valence-electron chi connectivity index (χ4n) is 3.54. The first kappa shape index (κ1) is 19.0. The summed E-state index contributed by atoms with van der Waals surface area (Å²) >= 11 is 1.78. The number of hydrogen-bond donors (Lipinski definition) is 2. The summed E-state index contributed by atoms with van der Waals surface area (Å²) < 4.78 is 0. The summed E-state index contributed by atoms with van der Waals surface area (Å²) in [5.74, 6) is 0.386. The summed E-state index contributed by atoms with van der Waals surface area (Å²) in [7, 11) is 0. The van der Waals surface area contributed by atoms with Crippen LogP contribution in [0.2, 0.25) is 0 Å². The number of thioether (sulfide) groups is 1. The van der Waals surface area contributed by atoms with Crippen LogP contribution in [0.4, 0.5) is 0 Å². The van der Waals surface area contributed by atoms with Gasteiger partial charge < -0.3 is 10.2 Å². The summed E-state index contributed by atoms with van der Waals surface area (Å²) in [6, 6.07) is 17.2. The molecule has 0 saturated carbocycles. The Hall–Kier alpha value is -1.78. The van der Waals surface area contributed by atoms with Crippen molar-refractivity contribution in [1.82, 2.24) is 5.32 Å². The second-order valence-electron chi connectivity index (χ2n) is 7.25. The van der Waals surface area contributed by atoms with E-state index in [1.165, 1.54) is 21.6 Å². The number of carbonyl (C=O) groups excluding carboxylic acids is 1. The van der Waals surface area contributed by atoms with Crippen LogP contribution in [-0.2, 0) is 17.9 Å². The Morgan fingerprint density at radius 2 is 1.65 bits per heavy atom. The SMILES string of the molecule is CSc1ccc(C[NH+]2CCC(C(=O)NCc3ccc(C)cc3)CC2)cc1. The highest BCUT2D eigenvalue weighted by molar-refractivity contribution is 7.98. The first-order valence-corrected chi connectivity index (χ1v) is 10.7. The van der Waals surface area contributed by atoms with Gasteiger partial charge in [-0.3, -0.25) is 4.79 Å². The summed E-state index contributed by atoms with van der Waals surface area (Å²) in [5, 5.41) is 3.11. The molecule has 0 spiro atoms. The average Bonchev–Trinajstić information content (AvgIpc) is 2.68. The molecule has 2 N–H and O–H groups in total. The van der Waals surface area contributed by atoms with Gasteiger partial charge in [-0.2, -0.15) is 0 Å². The molecule has 4 heteroatoms. The lowest BCUT2D eigenvalue weighted by Crippen LogP contribution is -3.11. The maximum absolute atomic E-state index is 12.5. The molecule has 0 unspecified atom stereocenters. The molecule has 0 atom stereocenters. The molecule has 1 fully saturated rings. The fourth-order valence-corrected chi connectivity index (χ4v) is 3.94. The minimum atomic E-state index is 0.170. The van der Waals surface area contributed by atoms with E-state index in [2.05, 4.69) is 67.0 Å². The molecule has 1 aliphatic rings. The van der Waals surface area contributed by atoms with Crippen molar-refractivity contribution in [1.29, 1.82) is 0 Å². The average molecular weight is 370 g/mol. The Balaban J connectivity index is 1.42. The van der Waals surface area contributed by atoms with Gasteiger partial charge in [-0.25, -0.2) is 0 Å². The molecule has 1 saturated heterocycles. The van der Waals surface area contributed by atoms with Gasteiger partial charge in [-0.15, -0.1) is 11.8 Å². The van der Waals surface area contributed by atoms with Crippen LogP contribution in [0.15, 0.2) is 53.4 Å². The zero-order valence-corrected chi connectivity index (χ0v) is 16.6. The predicted molar refractivity (Wildman–Crippen MR) is 108 cm³/mol. The minimum absolute atomic E-state index is 0.170. The van der Waals surface area contributed by atoms with E-state index in [9.17, 15) is 4.79 Å². The third-order valence-corrected chi connectivity index (χ3v) is 6.01. The zero-order chi connectivity index (χ0) is 18.4. The molecule has 0 bridgehead atoms. The molecular weight excluding hydrogens is 340 g/mol. The van der Waals surface area contributed by atoms with E-state index in [4.69, 9.17) is 0 Å². The summed E-state index contributed by atoms with van der Waals surface area (Å²) in [6.45, 7) is 5.93. The Labute approximate surface area is 161 Å². The van der Waals surface area contributed by atoms with E-state index in [-0.39, 0.29) is 11.8 Å². The maximum Gasteiger partial charge on any atom is 0.223 e. The maximum atomic E-state index is 12.5. The van der Waals surface area contributed by atoms with Crippen molar-refractivity contribution in [3.63, 3.8) is 0 Å². The fraction of sp³-hybridized carbons (Fsp3) is 0.409. The van der Waals surface area contributed by atoms with E-state index in [0.717, 1.165) is 32.5 Å². The molecule has 0 radical (unpaired) electrons. The van der Waals surface area contributed by atoms with Gasteiger partial charge in [0.1, 0.15) is 6.54 Å². The Kier molecular flexibility index (Phi) is 6.75. The number of nitrogens with one attached hydrogen (secondary N) is 2. The van der Waals surface area contributed by atoms with Crippen LogP contribution in [0.5, 0.6) is 0 Å². The van der Waals surface area contributed by atoms with Crippen molar-refractivity contribution in [2.24, 2.45) is 5.92 Å². The van der Waals surface area contributed by atoms with Gasteiger partial charge in [0.05, 0.1) is 13.1 Å². The molecule has 0 aliphatic carbocycles. The lowest BCUT2D eigenvalue weighted by Gasteiger charge is -2.28. The number of amides is 1. The van der Waals surface area contributed by atoms with Crippen LogP contribution < -0.4 is 10.2 Å². The van der Waals surface area contributed by atoms with Crippen LogP contribution in [-0.4, -0.2) is 25.3 Å². The normalized spacial score (nSPS) is 19.9. The summed E-state index contributed by atoms with van der Waals surface area (Å²) in [6.07, 6.45) is 4.07. The van der Waals surface area contributed by atoms with Crippen molar-refractivity contribution in [2.45, 2.75) is 37.8 Å². The standard InChI is InChI=1S/C22H28N2OS/c1-17-3-5-18(6-4-17)15-23-22(25)20-11-13-24(14-12-20)16-19-7-9-21(26-2)10-8-19/h3-10,20H,11-16H2,1-2H3,(H,23,25)/p+1. The van der Waals surface area contributed by atoms with Crippen LogP contribution in [0.25, 0.3) is 0 Å². The van der Waals surface area contributed by atoms with E-state index < -0.39 is 0 Å². The second-order valence-corrected chi connectivity index (χ2v) is 8.13. The molecule has 3 nitrogen and oxygen atoms in total. The monoisotopic (exact) mass is 369 g/mol. The van der Waals surface area contributed by atoms with Crippen LogP contribution in [0.1, 0.15) is 29.5 Å². The lowest BCUT2D eigenvalue weighted by molar-refractivity contribution is -0.919. The van der Waals surface area contributed by atoms with Gasteiger partial charge in [0.2, 0.25) is 5.91 Å². The van der Waals surface area contributed by atoms with E-state index in [0.29, 0.717) is 6.54 Å². The smallest absolute Gasteiger partial charge is 0.223 e. The molecule has 1 amide bonds. The Bertz CT molecular complexity index is 704. The predicted octanol–water partition coefficient (Wildman–Crippen LogP) is 2.83. The molecule has 0 aromatic heterocycles. The highest BCUT2D eigenvalue weighted by atomic mass is 32.2.